The highest BCUT2D eigenvalue weighted by Crippen LogP contribution is 2.27. The molecule has 0 spiro atoms. The molecule has 1 aromatic carbocycles. The molecule has 1 aliphatic heterocycles. The minimum Gasteiger partial charge on any atom is -0.370 e. The normalized spacial score (nSPS) is 21.9. The third kappa shape index (κ3) is 2.58. The predicted octanol–water partition coefficient (Wildman–Crippen LogP) is 2.95. The fraction of sp³-hybridized carbons (Fsp3) is 0.538. The maximum atomic E-state index is 3.61. The average molecular weight is 283 g/mol. The number of nitrogens with one attached hydrogen (secondary N) is 1. The SMILES string of the molecule is Cc1c(Br)cccc1N1CCCNC(C)C1. The van der Waals surface area contributed by atoms with E-state index in [0.717, 1.165) is 19.6 Å². The Labute approximate surface area is 106 Å². The molecule has 0 bridgehead atoms. The van der Waals surface area contributed by atoms with Gasteiger partial charge in [0, 0.05) is 29.3 Å². The Balaban J connectivity index is 2.24. The lowest BCUT2D eigenvalue weighted by atomic mass is 10.1. The zero-order valence-corrected chi connectivity index (χ0v) is 11.5. The topological polar surface area (TPSA) is 15.3 Å². The Kier molecular flexibility index (Phi) is 3.87. The van der Waals surface area contributed by atoms with Crippen molar-refractivity contribution in [1.82, 2.24) is 5.32 Å². The van der Waals surface area contributed by atoms with E-state index in [9.17, 15) is 0 Å². The van der Waals surface area contributed by atoms with Crippen LogP contribution in [-0.2, 0) is 0 Å². The van der Waals surface area contributed by atoms with Crippen molar-refractivity contribution < 1.29 is 0 Å². The summed E-state index contributed by atoms with van der Waals surface area (Å²) in [6, 6.07) is 7.02. The lowest BCUT2D eigenvalue weighted by Gasteiger charge is -2.26. The first-order chi connectivity index (χ1) is 7.68. The van der Waals surface area contributed by atoms with Gasteiger partial charge in [0.05, 0.1) is 0 Å². The van der Waals surface area contributed by atoms with E-state index >= 15 is 0 Å². The Morgan fingerprint density at radius 2 is 2.25 bits per heavy atom. The first kappa shape index (κ1) is 11.9. The minimum absolute atomic E-state index is 0.570. The van der Waals surface area contributed by atoms with Gasteiger partial charge in [-0.3, -0.25) is 0 Å². The molecule has 1 N–H and O–H groups in total. The zero-order valence-electron chi connectivity index (χ0n) is 9.96. The van der Waals surface area contributed by atoms with Gasteiger partial charge < -0.3 is 10.2 Å². The molecule has 1 aromatic rings. The van der Waals surface area contributed by atoms with E-state index in [-0.39, 0.29) is 0 Å². The molecular weight excluding hydrogens is 264 g/mol. The number of nitrogens with zero attached hydrogens (tertiary/aromatic N) is 1. The van der Waals surface area contributed by atoms with E-state index in [0.29, 0.717) is 6.04 Å². The van der Waals surface area contributed by atoms with Crippen molar-refractivity contribution in [3.8, 4) is 0 Å². The lowest BCUT2D eigenvalue weighted by Crippen LogP contribution is -2.35. The summed E-state index contributed by atoms with van der Waals surface area (Å²) < 4.78 is 1.20. The quantitative estimate of drug-likeness (QED) is 0.852. The minimum atomic E-state index is 0.570. The Morgan fingerprint density at radius 3 is 3.06 bits per heavy atom. The van der Waals surface area contributed by atoms with Gasteiger partial charge in [0.15, 0.2) is 0 Å². The summed E-state index contributed by atoms with van der Waals surface area (Å²) in [7, 11) is 0. The van der Waals surface area contributed by atoms with Crippen LogP contribution in [0.1, 0.15) is 18.9 Å². The van der Waals surface area contributed by atoms with E-state index in [4.69, 9.17) is 0 Å². The molecule has 0 aliphatic carbocycles. The second-order valence-corrected chi connectivity index (χ2v) is 5.39. The van der Waals surface area contributed by atoms with Gasteiger partial charge >= 0.3 is 0 Å². The van der Waals surface area contributed by atoms with Crippen molar-refractivity contribution >= 4 is 21.6 Å². The van der Waals surface area contributed by atoms with Gasteiger partial charge in [0.2, 0.25) is 0 Å². The Morgan fingerprint density at radius 1 is 1.44 bits per heavy atom. The van der Waals surface area contributed by atoms with Crippen LogP contribution in [0, 0.1) is 6.92 Å². The number of hydrogen-bond acceptors (Lipinski definition) is 2. The van der Waals surface area contributed by atoms with Crippen LogP contribution in [0.4, 0.5) is 5.69 Å². The molecule has 0 aromatic heterocycles. The number of rotatable bonds is 1. The number of halogens is 1. The first-order valence-electron chi connectivity index (χ1n) is 5.92. The van der Waals surface area contributed by atoms with E-state index < -0.39 is 0 Å². The fourth-order valence-electron chi connectivity index (χ4n) is 2.26. The van der Waals surface area contributed by atoms with E-state index in [1.54, 1.807) is 0 Å². The van der Waals surface area contributed by atoms with Crippen LogP contribution in [0.15, 0.2) is 22.7 Å². The third-order valence-electron chi connectivity index (χ3n) is 3.17. The van der Waals surface area contributed by atoms with Crippen LogP contribution in [0.2, 0.25) is 0 Å². The van der Waals surface area contributed by atoms with Gasteiger partial charge in [-0.05, 0) is 44.5 Å². The number of anilines is 1. The Bertz CT molecular complexity index is 365. The second-order valence-electron chi connectivity index (χ2n) is 4.54. The maximum Gasteiger partial charge on any atom is 0.0407 e. The number of hydrogen-bond donors (Lipinski definition) is 1. The van der Waals surface area contributed by atoms with Crippen molar-refractivity contribution in [2.24, 2.45) is 0 Å². The van der Waals surface area contributed by atoms with Gasteiger partial charge in [0.25, 0.3) is 0 Å². The summed E-state index contributed by atoms with van der Waals surface area (Å²) in [4.78, 5) is 2.49. The second kappa shape index (κ2) is 5.19. The molecule has 0 amide bonds. The molecule has 2 nitrogen and oxygen atoms in total. The molecule has 0 saturated carbocycles. The molecule has 1 fully saturated rings. The van der Waals surface area contributed by atoms with Crippen LogP contribution in [0.3, 0.4) is 0 Å². The van der Waals surface area contributed by atoms with Gasteiger partial charge in [-0.25, -0.2) is 0 Å². The van der Waals surface area contributed by atoms with Crippen molar-refractivity contribution in [2.75, 3.05) is 24.5 Å². The van der Waals surface area contributed by atoms with Gasteiger partial charge in [-0.1, -0.05) is 22.0 Å². The largest absolute Gasteiger partial charge is 0.370 e. The van der Waals surface area contributed by atoms with Crippen molar-refractivity contribution in [3.63, 3.8) is 0 Å². The van der Waals surface area contributed by atoms with Gasteiger partial charge in [-0.15, -0.1) is 0 Å². The standard InChI is InChI=1S/C13H19BrN2/c1-10-9-16(8-4-7-15-10)13-6-3-5-12(14)11(13)2/h3,5-6,10,15H,4,7-9H2,1-2H3. The summed E-state index contributed by atoms with van der Waals surface area (Å²) in [6.45, 7) is 7.81. The lowest BCUT2D eigenvalue weighted by molar-refractivity contribution is 0.584. The molecule has 16 heavy (non-hydrogen) atoms. The summed E-state index contributed by atoms with van der Waals surface area (Å²) in [5, 5.41) is 3.52. The molecule has 3 heteroatoms. The smallest absolute Gasteiger partial charge is 0.0407 e. The van der Waals surface area contributed by atoms with Crippen LogP contribution in [0.5, 0.6) is 0 Å². The summed E-state index contributed by atoms with van der Waals surface area (Å²) in [5.41, 5.74) is 2.71. The monoisotopic (exact) mass is 282 g/mol. The highest BCUT2D eigenvalue weighted by molar-refractivity contribution is 9.10. The predicted molar refractivity (Wildman–Crippen MR) is 73.2 cm³/mol. The molecule has 1 aliphatic rings. The molecule has 1 unspecified atom stereocenters. The molecule has 88 valence electrons. The van der Waals surface area contributed by atoms with Crippen LogP contribution in [-0.4, -0.2) is 25.7 Å². The third-order valence-corrected chi connectivity index (χ3v) is 4.03. The fourth-order valence-corrected chi connectivity index (χ4v) is 2.62. The van der Waals surface area contributed by atoms with E-state index in [1.807, 2.05) is 0 Å². The highest BCUT2D eigenvalue weighted by atomic mass is 79.9. The average Bonchev–Trinajstić information content (AvgIpc) is 2.47. The van der Waals surface area contributed by atoms with Crippen molar-refractivity contribution in [3.05, 3.63) is 28.2 Å². The molecule has 2 rings (SSSR count). The van der Waals surface area contributed by atoms with E-state index in [1.165, 1.54) is 22.1 Å². The molecule has 1 heterocycles. The highest BCUT2D eigenvalue weighted by Gasteiger charge is 2.16. The van der Waals surface area contributed by atoms with Gasteiger partial charge in [0.1, 0.15) is 0 Å². The van der Waals surface area contributed by atoms with Crippen molar-refractivity contribution in [1.29, 1.82) is 0 Å². The van der Waals surface area contributed by atoms with E-state index in [2.05, 4.69) is 58.2 Å². The Hall–Kier alpha value is -0.540. The summed E-state index contributed by atoms with van der Waals surface area (Å²) in [6.07, 6.45) is 1.22. The van der Waals surface area contributed by atoms with Crippen LogP contribution in [0.25, 0.3) is 0 Å². The molecular formula is C13H19BrN2. The van der Waals surface area contributed by atoms with Gasteiger partial charge in [-0.2, -0.15) is 0 Å². The summed E-state index contributed by atoms with van der Waals surface area (Å²) >= 11 is 3.61. The zero-order chi connectivity index (χ0) is 11.5. The molecule has 0 radical (unpaired) electrons. The van der Waals surface area contributed by atoms with Crippen LogP contribution < -0.4 is 10.2 Å². The maximum absolute atomic E-state index is 3.61. The number of benzene rings is 1. The van der Waals surface area contributed by atoms with Crippen LogP contribution >= 0.6 is 15.9 Å². The molecule has 1 saturated heterocycles. The summed E-state index contributed by atoms with van der Waals surface area (Å²) in [5.74, 6) is 0. The van der Waals surface area contributed by atoms with Crippen molar-refractivity contribution in [2.45, 2.75) is 26.3 Å². The molecule has 1 atom stereocenters. The first-order valence-corrected chi connectivity index (χ1v) is 6.71.